The molecule has 3 rings (SSSR count). The smallest absolute Gasteiger partial charge is 0.226 e. The van der Waals surface area contributed by atoms with Crippen LogP contribution in [0.1, 0.15) is 6.42 Å². The highest BCUT2D eigenvalue weighted by molar-refractivity contribution is 5.41. The summed E-state index contributed by atoms with van der Waals surface area (Å²) in [4.78, 5) is 10.2. The van der Waals surface area contributed by atoms with Gasteiger partial charge >= 0.3 is 0 Å². The minimum atomic E-state index is -0.875. The lowest BCUT2D eigenvalue weighted by Crippen LogP contribution is -2.36. The molecule has 0 aliphatic carbocycles. The van der Waals surface area contributed by atoms with Crippen LogP contribution in [0.15, 0.2) is 30.6 Å². The number of alkyl halides is 1. The summed E-state index contributed by atoms with van der Waals surface area (Å²) in [6.45, 7) is 0.841. The quantitative estimate of drug-likeness (QED) is 0.892. The molecule has 0 unspecified atom stereocenters. The van der Waals surface area contributed by atoms with E-state index in [0.29, 0.717) is 37.2 Å². The molecule has 116 valence electrons. The first-order chi connectivity index (χ1) is 10.8. The zero-order valence-corrected chi connectivity index (χ0v) is 12.2. The van der Waals surface area contributed by atoms with Gasteiger partial charge in [-0.05, 0) is 12.1 Å². The Morgan fingerprint density at radius 1 is 1.41 bits per heavy atom. The molecular weight excluding hydrogens is 287 g/mol. The van der Waals surface area contributed by atoms with Crippen LogP contribution in [-0.2, 0) is 0 Å². The Morgan fingerprint density at radius 3 is 3.09 bits per heavy atom. The predicted octanol–water partition coefficient (Wildman–Crippen LogP) is 1.30. The Hall–Kier alpha value is -2.51. The highest BCUT2D eigenvalue weighted by atomic mass is 19.1. The molecule has 1 saturated heterocycles. The Balaban J connectivity index is 1.67. The first kappa shape index (κ1) is 14.4. The van der Waals surface area contributed by atoms with Crippen LogP contribution in [0.4, 0.5) is 16.2 Å². The van der Waals surface area contributed by atoms with E-state index in [1.807, 2.05) is 11.0 Å². The van der Waals surface area contributed by atoms with E-state index in [4.69, 9.17) is 4.74 Å². The molecule has 2 atom stereocenters. The zero-order chi connectivity index (χ0) is 15.4. The standard InChI is InChI=1S/C14H17FN6O/c1-22-13-4-6-16-14(19-13)17-8-11-7-10(15)9-21(11)12-3-2-5-18-20-12/h2-6,10-11H,7-9H2,1H3,(H,16,17,19)/t10-,11-/m0/s1. The first-order valence-electron chi connectivity index (χ1n) is 7.05. The van der Waals surface area contributed by atoms with Crippen LogP contribution in [-0.4, -0.2) is 52.6 Å². The lowest BCUT2D eigenvalue weighted by Gasteiger charge is -2.24. The number of nitrogens with zero attached hydrogens (tertiary/aromatic N) is 5. The number of ether oxygens (including phenoxy) is 1. The molecule has 1 N–H and O–H groups in total. The molecule has 0 amide bonds. The molecule has 1 aliphatic rings. The van der Waals surface area contributed by atoms with E-state index in [2.05, 4.69) is 25.5 Å². The fourth-order valence-electron chi connectivity index (χ4n) is 2.53. The van der Waals surface area contributed by atoms with Crippen molar-refractivity contribution < 1.29 is 9.13 Å². The van der Waals surface area contributed by atoms with Crippen LogP contribution >= 0.6 is 0 Å². The van der Waals surface area contributed by atoms with Crippen molar-refractivity contribution in [3.05, 3.63) is 30.6 Å². The fraction of sp³-hybridized carbons (Fsp3) is 0.429. The van der Waals surface area contributed by atoms with E-state index >= 15 is 0 Å². The highest BCUT2D eigenvalue weighted by Gasteiger charge is 2.33. The van der Waals surface area contributed by atoms with Gasteiger partial charge < -0.3 is 15.0 Å². The number of hydrogen-bond acceptors (Lipinski definition) is 7. The highest BCUT2D eigenvalue weighted by Crippen LogP contribution is 2.25. The van der Waals surface area contributed by atoms with Crippen molar-refractivity contribution in [3.8, 4) is 5.88 Å². The van der Waals surface area contributed by atoms with Crippen molar-refractivity contribution in [3.63, 3.8) is 0 Å². The molecule has 1 fully saturated rings. The molecule has 0 aromatic carbocycles. The second-order valence-corrected chi connectivity index (χ2v) is 5.02. The molecule has 8 heteroatoms. The molecule has 3 heterocycles. The Morgan fingerprint density at radius 2 is 2.32 bits per heavy atom. The molecule has 7 nitrogen and oxygen atoms in total. The van der Waals surface area contributed by atoms with Crippen molar-refractivity contribution in [2.75, 3.05) is 30.4 Å². The number of anilines is 2. The number of rotatable bonds is 5. The van der Waals surface area contributed by atoms with Crippen LogP contribution in [0.25, 0.3) is 0 Å². The third kappa shape index (κ3) is 3.21. The minimum Gasteiger partial charge on any atom is -0.481 e. The lowest BCUT2D eigenvalue weighted by molar-refractivity contribution is 0.357. The van der Waals surface area contributed by atoms with Gasteiger partial charge in [-0.1, -0.05) is 0 Å². The van der Waals surface area contributed by atoms with Gasteiger partial charge in [0.15, 0.2) is 5.82 Å². The summed E-state index contributed by atoms with van der Waals surface area (Å²) in [7, 11) is 1.55. The Labute approximate surface area is 127 Å². The van der Waals surface area contributed by atoms with Gasteiger partial charge in [-0.15, -0.1) is 5.10 Å². The summed E-state index contributed by atoms with van der Waals surface area (Å²) in [6, 6.07) is 5.27. The molecular formula is C14H17FN6O. The summed E-state index contributed by atoms with van der Waals surface area (Å²) in [5.41, 5.74) is 0. The van der Waals surface area contributed by atoms with Gasteiger partial charge in [-0.3, -0.25) is 0 Å². The van der Waals surface area contributed by atoms with Crippen molar-refractivity contribution >= 4 is 11.8 Å². The average molecular weight is 304 g/mol. The van der Waals surface area contributed by atoms with Gasteiger partial charge in [0.25, 0.3) is 0 Å². The monoisotopic (exact) mass is 304 g/mol. The van der Waals surface area contributed by atoms with Crippen LogP contribution in [0.2, 0.25) is 0 Å². The molecule has 0 spiro atoms. The van der Waals surface area contributed by atoms with E-state index in [0.717, 1.165) is 0 Å². The van der Waals surface area contributed by atoms with Crippen molar-refractivity contribution in [1.29, 1.82) is 0 Å². The second-order valence-electron chi connectivity index (χ2n) is 5.02. The van der Waals surface area contributed by atoms with Crippen molar-refractivity contribution in [2.45, 2.75) is 18.6 Å². The van der Waals surface area contributed by atoms with Gasteiger partial charge in [0.1, 0.15) is 6.17 Å². The van der Waals surface area contributed by atoms with E-state index < -0.39 is 6.17 Å². The van der Waals surface area contributed by atoms with Crippen LogP contribution in [0.5, 0.6) is 5.88 Å². The molecule has 1 aliphatic heterocycles. The molecule has 2 aromatic heterocycles. The summed E-state index contributed by atoms with van der Waals surface area (Å²) in [5.74, 6) is 1.62. The molecule has 0 bridgehead atoms. The van der Waals surface area contributed by atoms with Crippen molar-refractivity contribution in [2.24, 2.45) is 0 Å². The Kier molecular flexibility index (Phi) is 4.27. The zero-order valence-electron chi connectivity index (χ0n) is 12.2. The maximum Gasteiger partial charge on any atom is 0.226 e. The molecule has 0 radical (unpaired) electrons. The van der Waals surface area contributed by atoms with E-state index in [-0.39, 0.29) is 6.04 Å². The normalized spacial score (nSPS) is 20.9. The average Bonchev–Trinajstić information content (AvgIpc) is 2.95. The third-order valence-corrected chi connectivity index (χ3v) is 3.55. The van der Waals surface area contributed by atoms with E-state index in [1.54, 1.807) is 31.6 Å². The molecule has 22 heavy (non-hydrogen) atoms. The summed E-state index contributed by atoms with van der Waals surface area (Å²) in [6.07, 6.45) is 2.78. The lowest BCUT2D eigenvalue weighted by atomic mass is 10.2. The third-order valence-electron chi connectivity index (χ3n) is 3.55. The van der Waals surface area contributed by atoms with Crippen LogP contribution < -0.4 is 15.0 Å². The maximum atomic E-state index is 13.8. The number of aromatic nitrogens is 4. The van der Waals surface area contributed by atoms with Crippen LogP contribution in [0, 0.1) is 0 Å². The number of halogens is 1. The maximum absolute atomic E-state index is 13.8. The van der Waals surface area contributed by atoms with E-state index in [9.17, 15) is 4.39 Å². The minimum absolute atomic E-state index is 0.0264. The molecule has 0 saturated carbocycles. The SMILES string of the molecule is COc1ccnc(NC[C@@H]2C[C@H](F)CN2c2cccnn2)n1. The van der Waals surface area contributed by atoms with Gasteiger partial charge in [0.05, 0.1) is 19.7 Å². The topological polar surface area (TPSA) is 76.1 Å². The van der Waals surface area contributed by atoms with E-state index in [1.165, 1.54) is 0 Å². The second kappa shape index (κ2) is 6.50. The number of hydrogen-bond donors (Lipinski definition) is 1. The summed E-state index contributed by atoms with van der Waals surface area (Å²) >= 11 is 0. The van der Waals surface area contributed by atoms with Gasteiger partial charge in [0.2, 0.25) is 11.8 Å². The molecule has 2 aromatic rings. The van der Waals surface area contributed by atoms with Crippen molar-refractivity contribution in [1.82, 2.24) is 20.2 Å². The van der Waals surface area contributed by atoms with Gasteiger partial charge in [-0.25, -0.2) is 9.37 Å². The van der Waals surface area contributed by atoms with Gasteiger partial charge in [-0.2, -0.15) is 10.1 Å². The fourth-order valence-corrected chi connectivity index (χ4v) is 2.53. The largest absolute Gasteiger partial charge is 0.481 e. The summed E-state index contributed by atoms with van der Waals surface area (Å²) in [5, 5.41) is 11.0. The summed E-state index contributed by atoms with van der Waals surface area (Å²) < 4.78 is 18.8. The first-order valence-corrected chi connectivity index (χ1v) is 7.05. The van der Waals surface area contributed by atoms with Gasteiger partial charge in [0, 0.05) is 31.4 Å². The number of methoxy groups -OCH3 is 1. The number of nitrogens with one attached hydrogen (secondary N) is 1. The Bertz CT molecular complexity index is 613. The predicted molar refractivity (Wildman–Crippen MR) is 79.8 cm³/mol. The van der Waals surface area contributed by atoms with Crippen LogP contribution in [0.3, 0.4) is 0 Å².